The lowest BCUT2D eigenvalue weighted by molar-refractivity contribution is -0.387. The number of thioether (sulfide) groups is 1. The first-order valence-electron chi connectivity index (χ1n) is 5.98. The van der Waals surface area contributed by atoms with E-state index in [1.54, 1.807) is 11.8 Å². The van der Waals surface area contributed by atoms with E-state index in [9.17, 15) is 14.5 Å². The first kappa shape index (κ1) is 13.1. The molecule has 0 bridgehead atoms. The number of aromatic nitrogens is 2. The lowest BCUT2D eigenvalue weighted by Gasteiger charge is -2.05. The van der Waals surface area contributed by atoms with Crippen molar-refractivity contribution in [2.24, 2.45) is 5.73 Å². The smallest absolute Gasteiger partial charge is 0.305 e. The number of halogens is 1. The summed E-state index contributed by atoms with van der Waals surface area (Å²) in [6.45, 7) is 1.11. The number of rotatable bonds is 3. The van der Waals surface area contributed by atoms with Crippen LogP contribution in [-0.4, -0.2) is 20.2 Å². The van der Waals surface area contributed by atoms with Gasteiger partial charge in [0.15, 0.2) is 5.16 Å². The third-order valence-corrected chi connectivity index (χ3v) is 4.15. The average molecular weight is 294 g/mol. The zero-order valence-electron chi connectivity index (χ0n) is 10.4. The highest BCUT2D eigenvalue weighted by Crippen LogP contribution is 2.34. The molecule has 0 amide bonds. The predicted octanol–water partition coefficient (Wildman–Crippen LogP) is 2.16. The van der Waals surface area contributed by atoms with Crippen LogP contribution in [0, 0.1) is 15.9 Å². The topological polar surface area (TPSA) is 87.0 Å². The summed E-state index contributed by atoms with van der Waals surface area (Å²) in [4.78, 5) is 14.5. The second-order valence-electron chi connectivity index (χ2n) is 4.32. The molecular weight excluding hydrogens is 283 g/mol. The summed E-state index contributed by atoms with van der Waals surface area (Å²) in [6, 6.07) is 3.78. The Morgan fingerprint density at radius 2 is 2.35 bits per heavy atom. The summed E-state index contributed by atoms with van der Waals surface area (Å²) in [5.74, 6) is 0.0910. The van der Waals surface area contributed by atoms with Gasteiger partial charge in [-0.15, -0.1) is 0 Å². The number of nitro groups is 1. The van der Waals surface area contributed by atoms with Gasteiger partial charge >= 0.3 is 5.69 Å². The molecule has 0 fully saturated rings. The number of benzene rings is 1. The fourth-order valence-corrected chi connectivity index (χ4v) is 3.24. The van der Waals surface area contributed by atoms with Crippen LogP contribution >= 0.6 is 11.8 Å². The second-order valence-corrected chi connectivity index (χ2v) is 5.38. The van der Waals surface area contributed by atoms with E-state index in [-0.39, 0.29) is 6.54 Å². The molecule has 8 heteroatoms. The maximum atomic E-state index is 13.4. The summed E-state index contributed by atoms with van der Waals surface area (Å²) in [7, 11) is 0. The zero-order chi connectivity index (χ0) is 14.3. The third kappa shape index (κ3) is 1.97. The lowest BCUT2D eigenvalue weighted by atomic mass is 10.1. The molecule has 0 radical (unpaired) electrons. The highest BCUT2D eigenvalue weighted by molar-refractivity contribution is 7.99. The van der Waals surface area contributed by atoms with Crippen LogP contribution in [-0.2, 0) is 13.1 Å². The van der Waals surface area contributed by atoms with E-state index in [1.165, 1.54) is 12.1 Å². The quantitative estimate of drug-likeness (QED) is 0.692. The van der Waals surface area contributed by atoms with Crippen molar-refractivity contribution < 1.29 is 9.31 Å². The number of imidazole rings is 1. The van der Waals surface area contributed by atoms with E-state index in [2.05, 4.69) is 4.98 Å². The van der Waals surface area contributed by atoms with Gasteiger partial charge in [-0.2, -0.15) is 4.39 Å². The van der Waals surface area contributed by atoms with E-state index in [0.717, 1.165) is 29.2 Å². The van der Waals surface area contributed by atoms with Gasteiger partial charge in [0.2, 0.25) is 5.82 Å². The van der Waals surface area contributed by atoms with Crippen molar-refractivity contribution >= 4 is 17.4 Å². The van der Waals surface area contributed by atoms with Crippen LogP contribution < -0.4 is 5.73 Å². The third-order valence-electron chi connectivity index (χ3n) is 3.19. The van der Waals surface area contributed by atoms with Crippen LogP contribution in [0.3, 0.4) is 0 Å². The van der Waals surface area contributed by atoms with Crippen LogP contribution in [0.5, 0.6) is 0 Å². The van der Waals surface area contributed by atoms with E-state index in [1.807, 2.05) is 4.57 Å². The summed E-state index contributed by atoms with van der Waals surface area (Å²) < 4.78 is 15.4. The van der Waals surface area contributed by atoms with Gasteiger partial charge in [-0.3, -0.25) is 10.1 Å². The van der Waals surface area contributed by atoms with Crippen LogP contribution in [0.15, 0.2) is 23.4 Å². The molecule has 0 saturated carbocycles. The van der Waals surface area contributed by atoms with Crippen molar-refractivity contribution in [2.75, 3.05) is 5.75 Å². The van der Waals surface area contributed by atoms with Gasteiger partial charge < -0.3 is 10.3 Å². The van der Waals surface area contributed by atoms with E-state index in [0.29, 0.717) is 11.3 Å². The minimum atomic E-state index is -0.853. The summed E-state index contributed by atoms with van der Waals surface area (Å²) in [5.41, 5.74) is 7.14. The molecule has 6 nitrogen and oxygen atoms in total. The number of hydrogen-bond acceptors (Lipinski definition) is 5. The molecule has 0 spiro atoms. The Bertz CT molecular complexity index is 701. The summed E-state index contributed by atoms with van der Waals surface area (Å²) in [5, 5.41) is 11.7. The lowest BCUT2D eigenvalue weighted by Crippen LogP contribution is -2.07. The molecular formula is C12H11FN4O2S. The number of nitro benzene ring substituents is 1. The van der Waals surface area contributed by atoms with Crippen molar-refractivity contribution in [3.8, 4) is 11.3 Å². The molecule has 2 N–H and O–H groups in total. The fraction of sp³-hybridized carbons (Fsp3) is 0.250. The van der Waals surface area contributed by atoms with Crippen molar-refractivity contribution in [1.82, 2.24) is 9.55 Å². The number of nitrogens with zero attached hydrogens (tertiary/aromatic N) is 3. The van der Waals surface area contributed by atoms with Gasteiger partial charge in [0, 0.05) is 30.5 Å². The van der Waals surface area contributed by atoms with Gasteiger partial charge in [-0.25, -0.2) is 4.98 Å². The van der Waals surface area contributed by atoms with Gasteiger partial charge in [0.05, 0.1) is 16.3 Å². The Kier molecular flexibility index (Phi) is 3.19. The van der Waals surface area contributed by atoms with E-state index >= 15 is 0 Å². The average Bonchev–Trinajstić information content (AvgIpc) is 2.98. The second kappa shape index (κ2) is 4.88. The maximum absolute atomic E-state index is 13.4. The molecule has 0 atom stereocenters. The fourth-order valence-electron chi connectivity index (χ4n) is 2.27. The monoisotopic (exact) mass is 294 g/mol. The van der Waals surface area contributed by atoms with Crippen LogP contribution in [0.2, 0.25) is 0 Å². The Hall–Kier alpha value is -1.93. The standard InChI is InChI=1S/C12H11FN4O2S/c13-8-2-1-7(5-9(8)17(18)19)11-10(6-14)16-3-4-20-12(16)15-11/h1-2,5H,3-4,6,14H2. The first-order chi connectivity index (χ1) is 9.61. The van der Waals surface area contributed by atoms with Crippen LogP contribution in [0.1, 0.15) is 5.69 Å². The molecule has 2 heterocycles. The Balaban J connectivity index is 2.14. The number of hydrogen-bond donors (Lipinski definition) is 1. The molecule has 1 aromatic carbocycles. The van der Waals surface area contributed by atoms with Crippen molar-refractivity contribution in [3.05, 3.63) is 39.8 Å². The zero-order valence-corrected chi connectivity index (χ0v) is 11.2. The summed E-state index contributed by atoms with van der Waals surface area (Å²) >= 11 is 1.61. The molecule has 2 aromatic rings. The SMILES string of the molecule is NCc1c(-c2ccc(F)c([N+](=O)[O-])c2)nc2n1CCS2. The highest BCUT2D eigenvalue weighted by Gasteiger charge is 2.23. The maximum Gasteiger partial charge on any atom is 0.305 e. The molecule has 0 unspecified atom stereocenters. The normalized spacial score (nSPS) is 13.5. The van der Waals surface area contributed by atoms with Gasteiger partial charge in [0.1, 0.15) is 0 Å². The minimum Gasteiger partial charge on any atom is -0.325 e. The highest BCUT2D eigenvalue weighted by atomic mass is 32.2. The largest absolute Gasteiger partial charge is 0.325 e. The predicted molar refractivity (Wildman–Crippen MR) is 72.9 cm³/mol. The molecule has 1 aliphatic rings. The van der Waals surface area contributed by atoms with E-state index in [4.69, 9.17) is 5.73 Å². The minimum absolute atomic E-state index is 0.286. The molecule has 0 saturated heterocycles. The van der Waals surface area contributed by atoms with Gasteiger partial charge in [0.25, 0.3) is 0 Å². The van der Waals surface area contributed by atoms with E-state index < -0.39 is 16.4 Å². The molecule has 1 aliphatic heterocycles. The molecule has 104 valence electrons. The van der Waals surface area contributed by atoms with Crippen molar-refractivity contribution in [1.29, 1.82) is 0 Å². The van der Waals surface area contributed by atoms with Gasteiger partial charge in [-0.05, 0) is 12.1 Å². The number of nitrogens with two attached hydrogens (primary N) is 1. The van der Waals surface area contributed by atoms with Crippen LogP contribution in [0.25, 0.3) is 11.3 Å². The molecule has 3 rings (SSSR count). The van der Waals surface area contributed by atoms with Gasteiger partial charge in [-0.1, -0.05) is 11.8 Å². The number of fused-ring (bicyclic) bond motifs is 1. The molecule has 0 aliphatic carbocycles. The van der Waals surface area contributed by atoms with Crippen molar-refractivity contribution in [3.63, 3.8) is 0 Å². The van der Waals surface area contributed by atoms with Crippen LogP contribution in [0.4, 0.5) is 10.1 Å². The Labute approximate surface area is 117 Å². The molecule has 1 aromatic heterocycles. The Morgan fingerprint density at radius 3 is 3.05 bits per heavy atom. The molecule has 20 heavy (non-hydrogen) atoms. The Morgan fingerprint density at radius 1 is 1.55 bits per heavy atom. The van der Waals surface area contributed by atoms with Crippen molar-refractivity contribution in [2.45, 2.75) is 18.2 Å². The summed E-state index contributed by atoms with van der Waals surface area (Å²) in [6.07, 6.45) is 0. The first-order valence-corrected chi connectivity index (χ1v) is 6.97.